The van der Waals surface area contributed by atoms with E-state index in [-0.39, 0.29) is 0 Å². The fourth-order valence-corrected chi connectivity index (χ4v) is 3.56. The minimum Gasteiger partial charge on any atom is -0.497 e. The first-order valence-corrected chi connectivity index (χ1v) is 9.11. The molecule has 0 N–H and O–H groups in total. The molecule has 0 aliphatic carbocycles. The quantitative estimate of drug-likeness (QED) is 0.476. The molecule has 0 atom stereocenters. The first-order valence-electron chi connectivity index (χ1n) is 9.11. The summed E-state index contributed by atoms with van der Waals surface area (Å²) in [4.78, 5) is 0. The highest BCUT2D eigenvalue weighted by Gasteiger charge is 2.22. The second kappa shape index (κ2) is 7.61. The summed E-state index contributed by atoms with van der Waals surface area (Å²) >= 11 is 0. The first kappa shape index (κ1) is 18.5. The largest absolute Gasteiger partial charge is 0.497 e. The maximum Gasteiger partial charge on any atom is 0.152 e. The van der Waals surface area contributed by atoms with E-state index in [1.54, 1.807) is 27.4 Å². The smallest absolute Gasteiger partial charge is 0.152 e. The molecule has 0 fully saturated rings. The third kappa shape index (κ3) is 3.15. The van der Waals surface area contributed by atoms with E-state index in [1.807, 2.05) is 60.8 Å². The zero-order valence-corrected chi connectivity index (χ0v) is 16.5. The van der Waals surface area contributed by atoms with Gasteiger partial charge in [-0.1, -0.05) is 12.1 Å². The van der Waals surface area contributed by atoms with Gasteiger partial charge in [0.2, 0.25) is 0 Å². The second-order valence-electron chi connectivity index (χ2n) is 6.50. The second-order valence-corrected chi connectivity index (χ2v) is 6.50. The Morgan fingerprint density at radius 1 is 0.759 bits per heavy atom. The van der Waals surface area contributed by atoms with Crippen LogP contribution in [-0.2, 0) is 0 Å². The molecule has 5 heteroatoms. The van der Waals surface area contributed by atoms with Gasteiger partial charge in [0, 0.05) is 6.20 Å². The third-order valence-corrected chi connectivity index (χ3v) is 4.97. The maximum atomic E-state index is 9.36. The molecule has 0 aliphatic heterocycles. The highest BCUT2D eigenvalue weighted by atomic mass is 16.5. The number of methoxy groups -OCH3 is 3. The molecule has 0 bridgehead atoms. The molecule has 5 nitrogen and oxygen atoms in total. The van der Waals surface area contributed by atoms with Gasteiger partial charge in [0.15, 0.2) is 5.75 Å². The van der Waals surface area contributed by atoms with Gasteiger partial charge in [0.25, 0.3) is 0 Å². The van der Waals surface area contributed by atoms with Crippen LogP contribution >= 0.6 is 0 Å². The summed E-state index contributed by atoms with van der Waals surface area (Å²) in [5, 5.41) is 9.36. The Hall–Kier alpha value is -3.91. The van der Waals surface area contributed by atoms with Crippen LogP contribution in [0.25, 0.3) is 27.9 Å². The number of hydrogen-bond acceptors (Lipinski definition) is 4. The third-order valence-electron chi connectivity index (χ3n) is 4.97. The Bertz CT molecular complexity index is 1200. The van der Waals surface area contributed by atoms with E-state index in [9.17, 15) is 5.26 Å². The van der Waals surface area contributed by atoms with Crippen LogP contribution in [0.2, 0.25) is 0 Å². The van der Waals surface area contributed by atoms with E-state index in [2.05, 4.69) is 10.5 Å². The zero-order chi connectivity index (χ0) is 20.4. The molecule has 0 saturated heterocycles. The lowest BCUT2D eigenvalue weighted by atomic mass is 10.0. The van der Waals surface area contributed by atoms with Gasteiger partial charge in [-0.25, -0.2) is 0 Å². The van der Waals surface area contributed by atoms with Gasteiger partial charge in [-0.2, -0.15) is 5.26 Å². The van der Waals surface area contributed by atoms with Crippen LogP contribution in [0.15, 0.2) is 66.9 Å². The maximum absolute atomic E-state index is 9.36. The van der Waals surface area contributed by atoms with Gasteiger partial charge < -0.3 is 18.6 Å². The Kier molecular flexibility index (Phi) is 4.84. The SMILES string of the molecule is COc1ccc(-c2c(OC)c3cc(C#N)ccn3c2-c2ccc(OC)cc2)cc1. The molecule has 0 radical (unpaired) electrons. The van der Waals surface area contributed by atoms with Crippen LogP contribution in [0.4, 0.5) is 0 Å². The van der Waals surface area contributed by atoms with E-state index in [1.165, 1.54) is 0 Å². The van der Waals surface area contributed by atoms with Crippen molar-refractivity contribution >= 4 is 5.52 Å². The van der Waals surface area contributed by atoms with Crippen molar-refractivity contribution in [3.05, 3.63) is 72.4 Å². The number of fused-ring (bicyclic) bond motifs is 1. The molecule has 4 aromatic rings. The minimum absolute atomic E-state index is 0.580. The summed E-state index contributed by atoms with van der Waals surface area (Å²) in [6.45, 7) is 0. The topological polar surface area (TPSA) is 55.9 Å². The normalized spacial score (nSPS) is 10.6. The highest BCUT2D eigenvalue weighted by Crippen LogP contribution is 2.45. The molecule has 2 aromatic carbocycles. The lowest BCUT2D eigenvalue weighted by Gasteiger charge is -2.10. The molecule has 0 amide bonds. The highest BCUT2D eigenvalue weighted by molar-refractivity contribution is 5.94. The summed E-state index contributed by atoms with van der Waals surface area (Å²) in [7, 11) is 4.95. The number of nitriles is 1. The number of aromatic nitrogens is 1. The monoisotopic (exact) mass is 384 g/mol. The van der Waals surface area contributed by atoms with Crippen LogP contribution in [0, 0.1) is 11.3 Å². The molecule has 4 rings (SSSR count). The summed E-state index contributed by atoms with van der Waals surface area (Å²) in [5.74, 6) is 2.30. The minimum atomic E-state index is 0.580. The number of hydrogen-bond donors (Lipinski definition) is 0. The molecular weight excluding hydrogens is 364 g/mol. The predicted molar refractivity (Wildman–Crippen MR) is 113 cm³/mol. The molecular formula is C24H20N2O3. The molecule has 29 heavy (non-hydrogen) atoms. The molecule has 0 saturated carbocycles. The van der Waals surface area contributed by atoms with Crippen LogP contribution in [0.1, 0.15) is 5.56 Å². The molecule has 2 aromatic heterocycles. The van der Waals surface area contributed by atoms with Gasteiger partial charge in [-0.3, -0.25) is 0 Å². The van der Waals surface area contributed by atoms with E-state index in [4.69, 9.17) is 14.2 Å². The Morgan fingerprint density at radius 2 is 1.34 bits per heavy atom. The predicted octanol–water partition coefficient (Wildman–Crippen LogP) is 5.17. The summed E-state index contributed by atoms with van der Waals surface area (Å²) < 4.78 is 18.5. The Balaban J connectivity index is 2.06. The van der Waals surface area contributed by atoms with Crippen molar-refractivity contribution in [2.45, 2.75) is 0 Å². The molecule has 144 valence electrons. The summed E-state index contributed by atoms with van der Waals surface area (Å²) in [5.41, 5.74) is 5.36. The van der Waals surface area contributed by atoms with E-state index in [0.29, 0.717) is 5.56 Å². The van der Waals surface area contributed by atoms with E-state index >= 15 is 0 Å². The van der Waals surface area contributed by atoms with Crippen LogP contribution in [-0.4, -0.2) is 25.7 Å². The zero-order valence-electron chi connectivity index (χ0n) is 16.5. The van der Waals surface area contributed by atoms with Gasteiger partial charge in [-0.05, 0) is 59.7 Å². The standard InChI is InChI=1S/C24H20N2O3/c1-27-19-8-4-17(5-9-19)22-23(18-6-10-20(28-2)11-7-18)26-13-12-16(15-25)14-21(26)24(22)29-3/h4-14H,1-3H3. The summed E-state index contributed by atoms with van der Waals surface area (Å²) in [6, 6.07) is 21.6. The molecule has 0 unspecified atom stereocenters. The van der Waals surface area contributed by atoms with Gasteiger partial charge in [0.1, 0.15) is 11.5 Å². The van der Waals surface area contributed by atoms with Crippen molar-refractivity contribution < 1.29 is 14.2 Å². The molecule has 0 aliphatic rings. The summed E-state index contributed by atoms with van der Waals surface area (Å²) in [6.07, 6.45) is 1.91. The Morgan fingerprint density at radius 3 is 1.86 bits per heavy atom. The van der Waals surface area contributed by atoms with Crippen molar-refractivity contribution in [1.82, 2.24) is 4.40 Å². The van der Waals surface area contributed by atoms with Crippen molar-refractivity contribution in [2.24, 2.45) is 0 Å². The first-order chi connectivity index (χ1) is 14.2. The van der Waals surface area contributed by atoms with Gasteiger partial charge in [0.05, 0.1) is 49.7 Å². The lowest BCUT2D eigenvalue weighted by Crippen LogP contribution is -1.91. The number of pyridine rings is 1. The molecule has 0 spiro atoms. The van der Waals surface area contributed by atoms with E-state index < -0.39 is 0 Å². The number of nitrogens with zero attached hydrogens (tertiary/aromatic N) is 2. The van der Waals surface area contributed by atoms with Crippen LogP contribution < -0.4 is 14.2 Å². The van der Waals surface area contributed by atoms with Crippen LogP contribution in [0.3, 0.4) is 0 Å². The van der Waals surface area contributed by atoms with Crippen molar-refractivity contribution in [2.75, 3.05) is 21.3 Å². The fraction of sp³-hybridized carbons (Fsp3) is 0.125. The average Bonchev–Trinajstić information content (AvgIpc) is 3.12. The Labute approximate surface area is 169 Å². The van der Waals surface area contributed by atoms with Crippen molar-refractivity contribution in [3.63, 3.8) is 0 Å². The number of benzene rings is 2. The van der Waals surface area contributed by atoms with E-state index in [0.717, 1.165) is 45.1 Å². The van der Waals surface area contributed by atoms with Gasteiger partial charge in [-0.15, -0.1) is 0 Å². The number of ether oxygens (including phenoxy) is 3. The average molecular weight is 384 g/mol. The molecule has 2 heterocycles. The lowest BCUT2D eigenvalue weighted by molar-refractivity contribution is 0.414. The van der Waals surface area contributed by atoms with Crippen LogP contribution in [0.5, 0.6) is 17.2 Å². The van der Waals surface area contributed by atoms with Crippen molar-refractivity contribution in [1.29, 1.82) is 5.26 Å². The van der Waals surface area contributed by atoms with Gasteiger partial charge >= 0.3 is 0 Å². The van der Waals surface area contributed by atoms with Crippen molar-refractivity contribution in [3.8, 4) is 45.7 Å². The fourth-order valence-electron chi connectivity index (χ4n) is 3.56. The number of rotatable bonds is 5.